The highest BCUT2D eigenvalue weighted by molar-refractivity contribution is 6.01. The molecule has 0 saturated carbocycles. The molecule has 4 rings (SSSR count). The van der Waals surface area contributed by atoms with Crippen molar-refractivity contribution < 1.29 is 9.18 Å². The van der Waals surface area contributed by atoms with Gasteiger partial charge in [-0.3, -0.25) is 9.69 Å². The molecule has 0 saturated heterocycles. The number of guanidine groups is 1. The Morgan fingerprint density at radius 1 is 1.09 bits per heavy atom. The molecule has 2 aromatic rings. The van der Waals surface area contributed by atoms with Crippen molar-refractivity contribution in [1.29, 1.82) is 0 Å². The zero-order chi connectivity index (χ0) is 23.6. The van der Waals surface area contributed by atoms with E-state index < -0.39 is 16.8 Å². The van der Waals surface area contributed by atoms with E-state index in [9.17, 15) is 4.79 Å². The maximum atomic E-state index is 15.2. The van der Waals surface area contributed by atoms with E-state index in [1.807, 2.05) is 0 Å². The van der Waals surface area contributed by atoms with Crippen LogP contribution < -0.4 is 11.1 Å². The number of carbonyl (C=O) groups is 1. The maximum Gasteiger partial charge on any atom is 0.237 e. The molecule has 0 radical (unpaired) electrons. The number of anilines is 1. The van der Waals surface area contributed by atoms with E-state index >= 15 is 4.39 Å². The topological polar surface area (TPSA) is 70.7 Å². The molecule has 2 atom stereocenters. The number of carbonyl (C=O) groups excluding carboxylic acids is 1. The fraction of sp³-hybridized carbons (Fsp3) is 0.462. The number of hydrogen-bond acceptors (Lipinski definition) is 4. The highest BCUT2D eigenvalue weighted by Crippen LogP contribution is 2.49. The van der Waals surface area contributed by atoms with Crippen molar-refractivity contribution in [3.63, 3.8) is 0 Å². The molecular formula is C26H33FN4O. The number of nitrogens with two attached hydrogens (primary N) is 1. The van der Waals surface area contributed by atoms with Crippen LogP contribution in [0.5, 0.6) is 0 Å². The molecule has 5 nitrogen and oxygen atoms in total. The van der Waals surface area contributed by atoms with Gasteiger partial charge in [0, 0.05) is 18.3 Å². The first-order valence-corrected chi connectivity index (χ1v) is 11.1. The van der Waals surface area contributed by atoms with Gasteiger partial charge in [-0.15, -0.1) is 0 Å². The standard InChI is InChI=1S/C26H33FN4O/c1-15-8-10-18-17(12-15)21(14-24(18,2)3)29-16-9-11-20(27)19(13-16)26(6)25(4,5)22(32)31(7)23(28)30-26/h8-13,21,29H,14H2,1-7H3,(H2,28,30)/t21?,26-/m1/s1. The quantitative estimate of drug-likeness (QED) is 0.712. The normalized spacial score (nSPS) is 26.0. The van der Waals surface area contributed by atoms with Crippen LogP contribution in [0.3, 0.4) is 0 Å². The first-order valence-electron chi connectivity index (χ1n) is 11.1. The summed E-state index contributed by atoms with van der Waals surface area (Å²) in [6.45, 7) is 12.0. The predicted octanol–water partition coefficient (Wildman–Crippen LogP) is 5.00. The Balaban J connectivity index is 1.76. The van der Waals surface area contributed by atoms with E-state index in [1.54, 1.807) is 40.0 Å². The van der Waals surface area contributed by atoms with E-state index in [-0.39, 0.29) is 23.3 Å². The highest BCUT2D eigenvalue weighted by atomic mass is 19.1. The molecule has 1 amide bonds. The van der Waals surface area contributed by atoms with Crippen molar-refractivity contribution in [2.75, 3.05) is 12.4 Å². The monoisotopic (exact) mass is 436 g/mol. The van der Waals surface area contributed by atoms with E-state index in [1.165, 1.54) is 27.7 Å². The molecule has 0 spiro atoms. The second-order valence-electron chi connectivity index (χ2n) is 10.6. The number of aliphatic imine (C=N–C) groups is 1. The number of aryl methyl sites for hydroxylation is 1. The number of fused-ring (bicyclic) bond motifs is 1. The van der Waals surface area contributed by atoms with Gasteiger partial charge >= 0.3 is 0 Å². The largest absolute Gasteiger partial charge is 0.378 e. The summed E-state index contributed by atoms with van der Waals surface area (Å²) in [4.78, 5) is 18.9. The molecule has 2 aromatic carbocycles. The van der Waals surface area contributed by atoms with E-state index in [0.717, 1.165) is 12.1 Å². The minimum absolute atomic E-state index is 0.0522. The number of amides is 1. The van der Waals surface area contributed by atoms with Gasteiger partial charge in [0.2, 0.25) is 5.91 Å². The van der Waals surface area contributed by atoms with Gasteiger partial charge in [0.05, 0.1) is 11.5 Å². The molecule has 2 aliphatic rings. The van der Waals surface area contributed by atoms with Crippen LogP contribution in [0.25, 0.3) is 0 Å². The Labute approximate surface area is 189 Å². The number of nitrogens with one attached hydrogen (secondary N) is 1. The summed E-state index contributed by atoms with van der Waals surface area (Å²) < 4.78 is 15.2. The van der Waals surface area contributed by atoms with Crippen LogP contribution in [-0.4, -0.2) is 23.8 Å². The van der Waals surface area contributed by atoms with Crippen molar-refractivity contribution in [3.05, 3.63) is 64.5 Å². The van der Waals surface area contributed by atoms with Crippen LogP contribution in [-0.2, 0) is 15.7 Å². The first-order chi connectivity index (χ1) is 14.8. The van der Waals surface area contributed by atoms with Crippen LogP contribution in [0.15, 0.2) is 41.4 Å². The smallest absolute Gasteiger partial charge is 0.237 e. The van der Waals surface area contributed by atoms with Crippen LogP contribution in [0.1, 0.15) is 69.3 Å². The van der Waals surface area contributed by atoms with Crippen molar-refractivity contribution in [1.82, 2.24) is 4.90 Å². The Kier molecular flexibility index (Phi) is 4.92. The van der Waals surface area contributed by atoms with Crippen LogP contribution in [0.2, 0.25) is 0 Å². The summed E-state index contributed by atoms with van der Waals surface area (Å²) in [6.07, 6.45) is 0.940. The number of hydrogen-bond donors (Lipinski definition) is 2. The van der Waals surface area contributed by atoms with Gasteiger partial charge in [0.25, 0.3) is 0 Å². The molecule has 0 bridgehead atoms. The number of nitrogens with zero attached hydrogens (tertiary/aromatic N) is 2. The van der Waals surface area contributed by atoms with Crippen LogP contribution >= 0.6 is 0 Å². The maximum absolute atomic E-state index is 15.2. The molecule has 170 valence electrons. The van der Waals surface area contributed by atoms with Crippen molar-refractivity contribution in [2.45, 2.75) is 65.0 Å². The summed E-state index contributed by atoms with van der Waals surface area (Å²) in [7, 11) is 1.60. The van der Waals surface area contributed by atoms with Crippen molar-refractivity contribution in [2.24, 2.45) is 16.1 Å². The third-order valence-electron chi connectivity index (χ3n) is 7.60. The summed E-state index contributed by atoms with van der Waals surface area (Å²) in [6, 6.07) is 11.7. The third-order valence-corrected chi connectivity index (χ3v) is 7.60. The molecule has 0 fully saturated rings. The predicted molar refractivity (Wildman–Crippen MR) is 127 cm³/mol. The van der Waals surface area contributed by atoms with Gasteiger partial charge < -0.3 is 11.1 Å². The second kappa shape index (κ2) is 7.06. The third kappa shape index (κ3) is 3.19. The SMILES string of the molecule is Cc1ccc2c(c1)C(Nc1ccc(F)c([C@@]3(C)N=C(N)N(C)C(=O)C3(C)C)c1)CC2(C)C. The molecule has 3 N–H and O–H groups in total. The van der Waals surface area contributed by atoms with Gasteiger partial charge in [0.1, 0.15) is 11.4 Å². The number of rotatable bonds is 3. The minimum Gasteiger partial charge on any atom is -0.378 e. The van der Waals surface area contributed by atoms with Crippen molar-refractivity contribution >= 4 is 17.6 Å². The average molecular weight is 437 g/mol. The number of halogens is 1. The fourth-order valence-corrected chi connectivity index (χ4v) is 5.21. The van der Waals surface area contributed by atoms with E-state index in [2.05, 4.69) is 49.3 Å². The van der Waals surface area contributed by atoms with Gasteiger partial charge in [-0.25, -0.2) is 9.38 Å². The lowest BCUT2D eigenvalue weighted by molar-refractivity contribution is -0.140. The lowest BCUT2D eigenvalue weighted by Gasteiger charge is -2.46. The summed E-state index contributed by atoms with van der Waals surface area (Å²) in [5, 5.41) is 3.62. The molecular weight excluding hydrogens is 403 g/mol. The average Bonchev–Trinajstić information content (AvgIpc) is 2.96. The Hall–Kier alpha value is -2.89. The minimum atomic E-state index is -1.13. The lowest BCUT2D eigenvalue weighted by Crippen LogP contribution is -2.58. The molecule has 1 aliphatic heterocycles. The van der Waals surface area contributed by atoms with Gasteiger partial charge in [-0.1, -0.05) is 37.6 Å². The number of benzene rings is 2. The molecule has 6 heteroatoms. The molecule has 1 aliphatic carbocycles. The summed E-state index contributed by atoms with van der Waals surface area (Å²) in [5.41, 5.74) is 8.99. The molecule has 1 unspecified atom stereocenters. The zero-order valence-corrected chi connectivity index (χ0v) is 20.0. The van der Waals surface area contributed by atoms with Crippen molar-refractivity contribution in [3.8, 4) is 0 Å². The van der Waals surface area contributed by atoms with Gasteiger partial charge in [-0.2, -0.15) is 0 Å². The lowest BCUT2D eigenvalue weighted by atomic mass is 9.67. The first kappa shape index (κ1) is 22.3. The zero-order valence-electron chi connectivity index (χ0n) is 20.0. The summed E-state index contributed by atoms with van der Waals surface area (Å²) in [5.74, 6) is -0.494. The molecule has 0 aromatic heterocycles. The Bertz CT molecular complexity index is 1140. The highest BCUT2D eigenvalue weighted by Gasteiger charge is 2.54. The van der Waals surface area contributed by atoms with E-state index in [4.69, 9.17) is 5.73 Å². The van der Waals surface area contributed by atoms with Crippen LogP contribution in [0, 0.1) is 18.2 Å². The Morgan fingerprint density at radius 3 is 2.47 bits per heavy atom. The van der Waals surface area contributed by atoms with Gasteiger partial charge in [-0.05, 0) is 68.9 Å². The van der Waals surface area contributed by atoms with Gasteiger partial charge in [0.15, 0.2) is 5.96 Å². The second-order valence-corrected chi connectivity index (χ2v) is 10.6. The van der Waals surface area contributed by atoms with E-state index in [0.29, 0.717) is 5.56 Å². The summed E-state index contributed by atoms with van der Waals surface area (Å²) >= 11 is 0. The fourth-order valence-electron chi connectivity index (χ4n) is 5.21. The Morgan fingerprint density at radius 2 is 1.78 bits per heavy atom. The molecule has 32 heavy (non-hydrogen) atoms. The molecule has 1 heterocycles. The van der Waals surface area contributed by atoms with Crippen LogP contribution in [0.4, 0.5) is 10.1 Å².